The average Bonchev–Trinajstić information content (AvgIpc) is 2.98. The predicted molar refractivity (Wildman–Crippen MR) is 107 cm³/mol. The Kier molecular flexibility index (Phi) is 6.38. The number of thiophene rings is 1. The van der Waals surface area contributed by atoms with Gasteiger partial charge in [0.25, 0.3) is 0 Å². The largest absolute Gasteiger partial charge is 0.462 e. The molecule has 138 valence electrons. The van der Waals surface area contributed by atoms with Crippen molar-refractivity contribution >= 4 is 40.0 Å². The molecule has 0 bridgehead atoms. The van der Waals surface area contributed by atoms with Crippen molar-refractivity contribution in [2.75, 3.05) is 17.7 Å². The van der Waals surface area contributed by atoms with E-state index >= 15 is 0 Å². The highest BCUT2D eigenvalue weighted by atomic mass is 32.2. The van der Waals surface area contributed by atoms with E-state index in [4.69, 9.17) is 4.74 Å². The van der Waals surface area contributed by atoms with Crippen LogP contribution in [-0.4, -0.2) is 24.2 Å². The number of hydrogen-bond acceptors (Lipinski definition) is 5. The van der Waals surface area contributed by atoms with Gasteiger partial charge in [0, 0.05) is 9.77 Å². The minimum absolute atomic E-state index is 0.101. The number of esters is 1. The molecule has 6 heteroatoms. The summed E-state index contributed by atoms with van der Waals surface area (Å²) in [7, 11) is 0. The number of fused-ring (bicyclic) bond motifs is 1. The molecule has 1 aliphatic rings. The Bertz CT molecular complexity index is 786. The minimum Gasteiger partial charge on any atom is -0.462 e. The van der Waals surface area contributed by atoms with Gasteiger partial charge in [-0.15, -0.1) is 23.1 Å². The van der Waals surface area contributed by atoms with Gasteiger partial charge < -0.3 is 10.1 Å². The van der Waals surface area contributed by atoms with Gasteiger partial charge >= 0.3 is 5.97 Å². The van der Waals surface area contributed by atoms with Gasteiger partial charge in [0.15, 0.2) is 0 Å². The van der Waals surface area contributed by atoms with Crippen LogP contribution in [0, 0.1) is 5.92 Å². The highest BCUT2D eigenvalue weighted by Crippen LogP contribution is 2.40. The standard InChI is InChI=1S/C20H23NO3S2/c1-3-24-20(23)18-15-10-9-13(2)11-16(15)26-19(18)21-17(22)12-25-14-7-5-4-6-8-14/h4-8,13H,3,9-12H2,1-2H3,(H,21,22)/t13-/m0/s1. The smallest absolute Gasteiger partial charge is 0.341 e. The van der Waals surface area contributed by atoms with Crippen LogP contribution in [0.2, 0.25) is 0 Å². The molecule has 1 heterocycles. The van der Waals surface area contributed by atoms with Crippen LogP contribution >= 0.6 is 23.1 Å². The molecular weight excluding hydrogens is 366 g/mol. The lowest BCUT2D eigenvalue weighted by Crippen LogP contribution is -2.17. The lowest BCUT2D eigenvalue weighted by Gasteiger charge is -2.18. The maximum absolute atomic E-state index is 12.5. The number of rotatable bonds is 6. The molecule has 2 aromatic rings. The fourth-order valence-corrected chi connectivity index (χ4v) is 5.22. The van der Waals surface area contributed by atoms with Gasteiger partial charge in [0.1, 0.15) is 5.00 Å². The summed E-state index contributed by atoms with van der Waals surface area (Å²) in [6, 6.07) is 9.81. The Hall–Kier alpha value is -1.79. The van der Waals surface area contributed by atoms with Crippen molar-refractivity contribution in [3.05, 3.63) is 46.3 Å². The molecule has 4 nitrogen and oxygen atoms in total. The van der Waals surface area contributed by atoms with Crippen LogP contribution in [-0.2, 0) is 22.4 Å². The molecule has 0 fully saturated rings. The van der Waals surface area contributed by atoms with E-state index in [-0.39, 0.29) is 11.9 Å². The van der Waals surface area contributed by atoms with Crippen molar-refractivity contribution in [1.29, 1.82) is 0 Å². The summed E-state index contributed by atoms with van der Waals surface area (Å²) < 4.78 is 5.24. The van der Waals surface area contributed by atoms with E-state index in [0.717, 1.165) is 29.7 Å². The third-order valence-electron chi connectivity index (χ3n) is 4.36. The molecular formula is C20H23NO3S2. The van der Waals surface area contributed by atoms with Crippen LogP contribution in [0.4, 0.5) is 5.00 Å². The zero-order chi connectivity index (χ0) is 18.5. The fraction of sp³-hybridized carbons (Fsp3) is 0.400. The minimum atomic E-state index is -0.328. The van der Waals surface area contributed by atoms with Crippen LogP contribution in [0.5, 0.6) is 0 Å². The number of hydrogen-bond donors (Lipinski definition) is 1. The van der Waals surface area contributed by atoms with Crippen molar-refractivity contribution < 1.29 is 14.3 Å². The highest BCUT2D eigenvalue weighted by molar-refractivity contribution is 8.00. The second kappa shape index (κ2) is 8.73. The first-order valence-corrected chi connectivity index (χ1v) is 10.7. The molecule has 1 atom stereocenters. The first-order valence-electron chi connectivity index (χ1n) is 8.87. The summed E-state index contributed by atoms with van der Waals surface area (Å²) in [5.41, 5.74) is 1.63. The summed E-state index contributed by atoms with van der Waals surface area (Å²) in [5, 5.41) is 3.59. The van der Waals surface area contributed by atoms with Gasteiger partial charge in [-0.1, -0.05) is 25.1 Å². The Morgan fingerprint density at radius 2 is 2.08 bits per heavy atom. The number of carbonyl (C=O) groups is 2. The zero-order valence-corrected chi connectivity index (χ0v) is 16.7. The average molecular weight is 390 g/mol. The SMILES string of the molecule is CCOC(=O)c1c(NC(=O)CSc2ccccc2)sc2c1CC[C@H](C)C2. The molecule has 26 heavy (non-hydrogen) atoms. The van der Waals surface area contributed by atoms with E-state index in [1.54, 1.807) is 6.92 Å². The predicted octanol–water partition coefficient (Wildman–Crippen LogP) is 4.78. The van der Waals surface area contributed by atoms with Crippen LogP contribution in [0.15, 0.2) is 35.2 Å². The van der Waals surface area contributed by atoms with Gasteiger partial charge in [0.2, 0.25) is 5.91 Å². The summed E-state index contributed by atoms with van der Waals surface area (Å²) in [5.74, 6) is 0.487. The molecule has 1 aromatic carbocycles. The highest BCUT2D eigenvalue weighted by Gasteiger charge is 2.29. The first kappa shape index (κ1) is 19.0. The summed E-state index contributed by atoms with van der Waals surface area (Å²) in [6.45, 7) is 4.35. The van der Waals surface area contributed by atoms with Crippen LogP contribution in [0.25, 0.3) is 0 Å². The van der Waals surface area contributed by atoms with Crippen LogP contribution < -0.4 is 5.32 Å². The van der Waals surface area contributed by atoms with E-state index in [2.05, 4.69) is 12.2 Å². The zero-order valence-electron chi connectivity index (χ0n) is 15.0. The van der Waals surface area contributed by atoms with Gasteiger partial charge in [-0.05, 0) is 49.8 Å². The van der Waals surface area contributed by atoms with Crippen molar-refractivity contribution in [2.45, 2.75) is 38.0 Å². The lowest BCUT2D eigenvalue weighted by atomic mass is 9.88. The third-order valence-corrected chi connectivity index (χ3v) is 6.54. The monoisotopic (exact) mass is 389 g/mol. The van der Waals surface area contributed by atoms with Crippen LogP contribution in [0.1, 0.15) is 41.1 Å². The second-order valence-electron chi connectivity index (χ2n) is 6.43. The van der Waals surface area contributed by atoms with E-state index in [9.17, 15) is 9.59 Å². The van der Waals surface area contributed by atoms with E-state index in [1.807, 2.05) is 30.3 Å². The Labute approximate surface area is 162 Å². The molecule has 0 spiro atoms. The molecule has 1 aliphatic carbocycles. The normalized spacial score (nSPS) is 16.0. The first-order chi connectivity index (χ1) is 12.6. The number of ether oxygens (including phenoxy) is 1. The van der Waals surface area contributed by atoms with E-state index in [0.29, 0.717) is 28.8 Å². The Morgan fingerprint density at radius 3 is 2.81 bits per heavy atom. The molecule has 1 aromatic heterocycles. The summed E-state index contributed by atoms with van der Waals surface area (Å²) in [6.07, 6.45) is 2.89. The Balaban J connectivity index is 1.75. The molecule has 1 amide bonds. The molecule has 0 saturated carbocycles. The molecule has 0 saturated heterocycles. The van der Waals surface area contributed by atoms with Crippen molar-refractivity contribution in [3.63, 3.8) is 0 Å². The van der Waals surface area contributed by atoms with E-state index in [1.165, 1.54) is 28.0 Å². The maximum Gasteiger partial charge on any atom is 0.341 e. The van der Waals surface area contributed by atoms with Crippen LogP contribution in [0.3, 0.4) is 0 Å². The number of nitrogens with one attached hydrogen (secondary N) is 1. The lowest BCUT2D eigenvalue weighted by molar-refractivity contribution is -0.113. The molecule has 0 aliphatic heterocycles. The molecule has 1 N–H and O–H groups in total. The number of anilines is 1. The van der Waals surface area contributed by atoms with Crippen molar-refractivity contribution in [2.24, 2.45) is 5.92 Å². The number of thioether (sulfide) groups is 1. The van der Waals surface area contributed by atoms with Gasteiger partial charge in [-0.25, -0.2) is 4.79 Å². The summed E-state index contributed by atoms with van der Waals surface area (Å²) >= 11 is 3.01. The van der Waals surface area contributed by atoms with Gasteiger partial charge in [-0.2, -0.15) is 0 Å². The Morgan fingerprint density at radius 1 is 1.31 bits per heavy atom. The topological polar surface area (TPSA) is 55.4 Å². The van der Waals surface area contributed by atoms with Gasteiger partial charge in [-0.3, -0.25) is 4.79 Å². The van der Waals surface area contributed by atoms with Crippen molar-refractivity contribution in [3.8, 4) is 0 Å². The maximum atomic E-state index is 12.5. The molecule has 0 radical (unpaired) electrons. The van der Waals surface area contributed by atoms with Crippen molar-refractivity contribution in [1.82, 2.24) is 0 Å². The summed E-state index contributed by atoms with van der Waals surface area (Å²) in [4.78, 5) is 27.1. The molecule has 3 rings (SSSR count). The number of benzene rings is 1. The second-order valence-corrected chi connectivity index (χ2v) is 8.58. The quantitative estimate of drug-likeness (QED) is 0.571. The third kappa shape index (κ3) is 4.48. The fourth-order valence-electron chi connectivity index (χ4n) is 3.09. The van der Waals surface area contributed by atoms with Gasteiger partial charge in [0.05, 0.1) is 17.9 Å². The number of amides is 1. The number of carbonyl (C=O) groups excluding carboxylic acids is 2. The molecule has 0 unspecified atom stereocenters. The van der Waals surface area contributed by atoms with E-state index < -0.39 is 0 Å².